The molecular formula is C23H19FN2O2S. The first-order chi connectivity index (χ1) is 14.2. The van der Waals surface area contributed by atoms with E-state index >= 15 is 0 Å². The van der Waals surface area contributed by atoms with Gasteiger partial charge in [0.1, 0.15) is 5.82 Å². The van der Waals surface area contributed by atoms with Crippen LogP contribution in [0.3, 0.4) is 0 Å². The number of carbonyl (C=O) groups is 1. The van der Waals surface area contributed by atoms with E-state index in [1.54, 1.807) is 29.9 Å². The van der Waals surface area contributed by atoms with Crippen molar-refractivity contribution >= 4 is 27.5 Å². The van der Waals surface area contributed by atoms with Gasteiger partial charge in [-0.15, -0.1) is 0 Å². The van der Waals surface area contributed by atoms with E-state index in [1.165, 1.54) is 17.4 Å². The van der Waals surface area contributed by atoms with Crippen LogP contribution in [0.15, 0.2) is 77.8 Å². The molecule has 3 aromatic carbocycles. The minimum absolute atomic E-state index is 0.337. The number of halogens is 1. The third-order valence-corrected chi connectivity index (χ3v) is 5.65. The van der Waals surface area contributed by atoms with E-state index in [0.29, 0.717) is 29.0 Å². The van der Waals surface area contributed by atoms with Crippen LogP contribution in [0.2, 0.25) is 0 Å². The number of aromatic nitrogens is 1. The average Bonchev–Trinajstić information content (AvgIpc) is 3.11. The molecule has 146 valence electrons. The number of benzene rings is 3. The van der Waals surface area contributed by atoms with Gasteiger partial charge in [-0.2, -0.15) is 4.99 Å². The Bertz CT molecular complexity index is 1210. The Kier molecular flexibility index (Phi) is 5.64. The third kappa shape index (κ3) is 4.04. The summed E-state index contributed by atoms with van der Waals surface area (Å²) in [5.41, 5.74) is 3.04. The molecule has 4 aromatic rings. The standard InChI is InChI=1S/C23H19FN2O2S/c1-28-15-14-26-21-19(24)8-5-9-20(21)29-23(26)25-22(27)18-12-10-17(11-13-18)16-6-3-2-4-7-16/h2-13H,14-15H2,1H3. The van der Waals surface area contributed by atoms with Crippen LogP contribution in [0.1, 0.15) is 10.4 Å². The number of nitrogens with zero attached hydrogens (tertiary/aromatic N) is 2. The normalized spacial score (nSPS) is 11.9. The second kappa shape index (κ2) is 8.51. The lowest BCUT2D eigenvalue weighted by atomic mass is 10.0. The van der Waals surface area contributed by atoms with Crippen LogP contribution in [0.4, 0.5) is 4.39 Å². The minimum Gasteiger partial charge on any atom is -0.383 e. The number of carbonyl (C=O) groups excluding carboxylic acids is 1. The number of ether oxygens (including phenoxy) is 1. The average molecular weight is 406 g/mol. The maximum absolute atomic E-state index is 14.4. The zero-order valence-corrected chi connectivity index (χ0v) is 16.7. The third-order valence-electron chi connectivity index (χ3n) is 4.61. The molecule has 0 aliphatic rings. The highest BCUT2D eigenvalue weighted by atomic mass is 32.1. The molecule has 0 saturated carbocycles. The fourth-order valence-electron chi connectivity index (χ4n) is 3.15. The molecule has 1 amide bonds. The molecule has 29 heavy (non-hydrogen) atoms. The Labute approximate surface area is 171 Å². The summed E-state index contributed by atoms with van der Waals surface area (Å²) in [5.74, 6) is -0.696. The van der Waals surface area contributed by atoms with Gasteiger partial charge in [-0.05, 0) is 35.4 Å². The number of amides is 1. The van der Waals surface area contributed by atoms with Crippen LogP contribution in [0.5, 0.6) is 0 Å². The lowest BCUT2D eigenvalue weighted by molar-refractivity contribution is 0.0997. The van der Waals surface area contributed by atoms with Crippen LogP contribution in [-0.4, -0.2) is 24.2 Å². The van der Waals surface area contributed by atoms with Gasteiger partial charge in [-0.25, -0.2) is 4.39 Å². The van der Waals surface area contributed by atoms with E-state index in [4.69, 9.17) is 4.74 Å². The molecule has 0 radical (unpaired) electrons. The monoisotopic (exact) mass is 406 g/mol. The van der Waals surface area contributed by atoms with Crippen molar-refractivity contribution in [3.8, 4) is 11.1 Å². The molecule has 1 aromatic heterocycles. The summed E-state index contributed by atoms with van der Waals surface area (Å²) in [6.45, 7) is 0.809. The number of rotatable bonds is 5. The van der Waals surface area contributed by atoms with Gasteiger partial charge in [0.05, 0.1) is 16.8 Å². The highest BCUT2D eigenvalue weighted by molar-refractivity contribution is 7.16. The Hall–Kier alpha value is -3.09. The van der Waals surface area contributed by atoms with Crippen LogP contribution >= 0.6 is 11.3 Å². The summed E-state index contributed by atoms with van der Waals surface area (Å²) >= 11 is 1.29. The Morgan fingerprint density at radius 3 is 2.45 bits per heavy atom. The van der Waals surface area contributed by atoms with Crippen molar-refractivity contribution in [3.63, 3.8) is 0 Å². The molecule has 1 heterocycles. The quantitative estimate of drug-likeness (QED) is 0.473. The zero-order valence-electron chi connectivity index (χ0n) is 15.8. The van der Waals surface area contributed by atoms with Crippen molar-refractivity contribution < 1.29 is 13.9 Å². The number of fused-ring (bicyclic) bond motifs is 1. The van der Waals surface area contributed by atoms with Gasteiger partial charge in [0.25, 0.3) is 5.91 Å². The van der Waals surface area contributed by atoms with E-state index in [-0.39, 0.29) is 11.7 Å². The lowest BCUT2D eigenvalue weighted by Crippen LogP contribution is -2.19. The minimum atomic E-state index is -0.359. The Morgan fingerprint density at radius 1 is 1.00 bits per heavy atom. The van der Waals surface area contributed by atoms with E-state index in [2.05, 4.69) is 4.99 Å². The number of hydrogen-bond donors (Lipinski definition) is 0. The summed E-state index contributed by atoms with van der Waals surface area (Å²) in [7, 11) is 1.59. The summed E-state index contributed by atoms with van der Waals surface area (Å²) in [6, 6.07) is 22.2. The first-order valence-electron chi connectivity index (χ1n) is 9.19. The predicted octanol–water partition coefficient (Wildman–Crippen LogP) is 4.90. The number of methoxy groups -OCH3 is 1. The second-order valence-electron chi connectivity index (χ2n) is 6.48. The summed E-state index contributed by atoms with van der Waals surface area (Å²) in [4.78, 5) is 17.5. The van der Waals surface area contributed by atoms with E-state index in [9.17, 15) is 9.18 Å². The molecule has 0 aliphatic heterocycles. The molecular weight excluding hydrogens is 387 g/mol. The molecule has 0 N–H and O–H groups in total. The first-order valence-corrected chi connectivity index (χ1v) is 10.0. The topological polar surface area (TPSA) is 43.6 Å². The maximum atomic E-state index is 14.4. The van der Waals surface area contributed by atoms with Crippen molar-refractivity contribution in [3.05, 3.63) is 89.0 Å². The molecule has 0 atom stereocenters. The molecule has 0 unspecified atom stereocenters. The number of hydrogen-bond acceptors (Lipinski definition) is 3. The number of para-hydroxylation sites is 1. The van der Waals surface area contributed by atoms with Crippen molar-refractivity contribution in [1.29, 1.82) is 0 Å². The largest absolute Gasteiger partial charge is 0.383 e. The highest BCUT2D eigenvalue weighted by Gasteiger charge is 2.12. The zero-order chi connectivity index (χ0) is 20.2. The molecule has 0 saturated heterocycles. The van der Waals surface area contributed by atoms with Crippen LogP contribution in [0, 0.1) is 5.82 Å². The smallest absolute Gasteiger partial charge is 0.279 e. The van der Waals surface area contributed by atoms with Gasteiger partial charge < -0.3 is 9.30 Å². The summed E-state index contributed by atoms with van der Waals surface area (Å²) in [5, 5.41) is 0. The Morgan fingerprint density at radius 2 is 1.72 bits per heavy atom. The van der Waals surface area contributed by atoms with Gasteiger partial charge in [-0.1, -0.05) is 59.9 Å². The number of thiazole rings is 1. The molecule has 4 rings (SSSR count). The van der Waals surface area contributed by atoms with E-state index in [1.807, 2.05) is 48.5 Å². The second-order valence-corrected chi connectivity index (χ2v) is 7.49. The summed E-state index contributed by atoms with van der Waals surface area (Å²) in [6.07, 6.45) is 0. The SMILES string of the molecule is COCCn1c(=NC(=O)c2ccc(-c3ccccc3)cc2)sc2cccc(F)c21. The summed E-state index contributed by atoms with van der Waals surface area (Å²) < 4.78 is 22.0. The van der Waals surface area contributed by atoms with Crippen LogP contribution in [-0.2, 0) is 11.3 Å². The van der Waals surface area contributed by atoms with Crippen molar-refractivity contribution in [1.82, 2.24) is 4.57 Å². The van der Waals surface area contributed by atoms with Gasteiger partial charge in [0.2, 0.25) is 0 Å². The van der Waals surface area contributed by atoms with Gasteiger partial charge >= 0.3 is 0 Å². The molecule has 0 fully saturated rings. The molecule has 6 heteroatoms. The van der Waals surface area contributed by atoms with E-state index < -0.39 is 0 Å². The van der Waals surface area contributed by atoms with Gasteiger partial charge in [0, 0.05) is 19.2 Å². The van der Waals surface area contributed by atoms with Crippen LogP contribution in [0.25, 0.3) is 21.3 Å². The highest BCUT2D eigenvalue weighted by Crippen LogP contribution is 2.21. The maximum Gasteiger partial charge on any atom is 0.279 e. The van der Waals surface area contributed by atoms with Gasteiger partial charge in [0.15, 0.2) is 4.80 Å². The van der Waals surface area contributed by atoms with Gasteiger partial charge in [-0.3, -0.25) is 4.79 Å². The molecule has 0 aliphatic carbocycles. The molecule has 0 spiro atoms. The first kappa shape index (κ1) is 19.2. The van der Waals surface area contributed by atoms with Crippen molar-refractivity contribution in [2.45, 2.75) is 6.54 Å². The van der Waals surface area contributed by atoms with Crippen molar-refractivity contribution in [2.75, 3.05) is 13.7 Å². The van der Waals surface area contributed by atoms with Crippen molar-refractivity contribution in [2.24, 2.45) is 4.99 Å². The Balaban J connectivity index is 1.71. The fraction of sp³-hybridized carbons (Fsp3) is 0.130. The fourth-order valence-corrected chi connectivity index (χ4v) is 4.22. The van der Waals surface area contributed by atoms with Crippen LogP contribution < -0.4 is 4.80 Å². The van der Waals surface area contributed by atoms with E-state index in [0.717, 1.165) is 15.8 Å². The lowest BCUT2D eigenvalue weighted by Gasteiger charge is -2.05. The molecule has 0 bridgehead atoms. The predicted molar refractivity (Wildman–Crippen MR) is 113 cm³/mol. The molecule has 4 nitrogen and oxygen atoms in total.